The van der Waals surface area contributed by atoms with Gasteiger partial charge in [0.1, 0.15) is 12.2 Å². The maximum Gasteiger partial charge on any atom is 0.433 e. The maximum atomic E-state index is 12.9. The van der Waals surface area contributed by atoms with E-state index in [1.54, 1.807) is 0 Å². The van der Waals surface area contributed by atoms with Gasteiger partial charge in [0.05, 0.1) is 21.3 Å². The molecule has 1 aromatic carbocycles. The molecule has 0 radical (unpaired) electrons. The number of carbonyl (C=O) groups is 1. The van der Waals surface area contributed by atoms with Gasteiger partial charge in [0.15, 0.2) is 0 Å². The van der Waals surface area contributed by atoms with Gasteiger partial charge in [0.2, 0.25) is 5.91 Å². The van der Waals surface area contributed by atoms with E-state index in [-0.39, 0.29) is 22.1 Å². The standard InChI is InChI=1S/C13H10ClF3N4O3/c1-7-4-11(13(15,16)17)20(19-7)6-12(22)18-10-5-8(21(23)24)2-3-9(10)14/h2-5H,6H2,1H3,(H,18,22). The Bertz CT molecular complexity index is 804. The number of hydrogen-bond acceptors (Lipinski definition) is 4. The van der Waals surface area contributed by atoms with Crippen LogP contribution in [0.2, 0.25) is 5.02 Å². The van der Waals surface area contributed by atoms with E-state index < -0.39 is 29.2 Å². The summed E-state index contributed by atoms with van der Waals surface area (Å²) < 4.78 is 39.1. The van der Waals surface area contributed by atoms with Crippen molar-refractivity contribution in [2.45, 2.75) is 19.6 Å². The Hall–Kier alpha value is -2.62. The summed E-state index contributed by atoms with van der Waals surface area (Å²) in [7, 11) is 0. The van der Waals surface area contributed by atoms with E-state index in [4.69, 9.17) is 11.6 Å². The van der Waals surface area contributed by atoms with Crippen LogP contribution in [0.4, 0.5) is 24.5 Å². The minimum absolute atomic E-state index is 0.0154. The molecule has 7 nitrogen and oxygen atoms in total. The Morgan fingerprint density at radius 1 is 1.42 bits per heavy atom. The number of nitrogens with zero attached hydrogens (tertiary/aromatic N) is 3. The summed E-state index contributed by atoms with van der Waals surface area (Å²) in [5.74, 6) is -0.856. The molecule has 1 heterocycles. The number of aryl methyl sites for hydroxylation is 1. The normalized spacial score (nSPS) is 11.4. The summed E-state index contributed by atoms with van der Waals surface area (Å²) >= 11 is 5.82. The minimum Gasteiger partial charge on any atom is -0.323 e. The molecule has 128 valence electrons. The number of halogens is 4. The van der Waals surface area contributed by atoms with E-state index in [9.17, 15) is 28.1 Å². The lowest BCUT2D eigenvalue weighted by Gasteiger charge is -2.11. The number of alkyl halides is 3. The van der Waals surface area contributed by atoms with Crippen LogP contribution in [0.1, 0.15) is 11.4 Å². The van der Waals surface area contributed by atoms with Crippen molar-refractivity contribution in [3.05, 3.63) is 50.8 Å². The number of nitro benzene ring substituents is 1. The molecule has 2 aromatic rings. The molecule has 2 rings (SSSR count). The molecule has 0 saturated heterocycles. The number of aromatic nitrogens is 2. The molecule has 0 aliphatic rings. The average molecular weight is 363 g/mol. The molecule has 1 aromatic heterocycles. The molecule has 0 aliphatic carbocycles. The lowest BCUT2D eigenvalue weighted by molar-refractivity contribution is -0.384. The average Bonchev–Trinajstić information content (AvgIpc) is 2.81. The number of rotatable bonds is 4. The molecule has 0 fully saturated rings. The molecular weight excluding hydrogens is 353 g/mol. The second-order valence-corrected chi connectivity index (χ2v) is 5.20. The fourth-order valence-electron chi connectivity index (χ4n) is 1.94. The molecule has 0 aliphatic heterocycles. The topological polar surface area (TPSA) is 90.1 Å². The molecule has 11 heteroatoms. The maximum absolute atomic E-state index is 12.9. The van der Waals surface area contributed by atoms with Crippen LogP contribution in [0.5, 0.6) is 0 Å². The van der Waals surface area contributed by atoms with Crippen molar-refractivity contribution in [3.8, 4) is 0 Å². The van der Waals surface area contributed by atoms with Gasteiger partial charge >= 0.3 is 6.18 Å². The van der Waals surface area contributed by atoms with Gasteiger partial charge in [-0.2, -0.15) is 18.3 Å². The van der Waals surface area contributed by atoms with Gasteiger partial charge in [-0.3, -0.25) is 19.6 Å². The SMILES string of the molecule is Cc1cc(C(F)(F)F)n(CC(=O)Nc2cc([N+](=O)[O-])ccc2Cl)n1. The second-order valence-electron chi connectivity index (χ2n) is 4.80. The number of nitrogens with one attached hydrogen (secondary N) is 1. The first-order chi connectivity index (χ1) is 11.1. The van der Waals surface area contributed by atoms with Crippen LogP contribution in [-0.4, -0.2) is 20.6 Å². The predicted octanol–water partition coefficient (Wildman–Crippen LogP) is 3.41. The summed E-state index contributed by atoms with van der Waals surface area (Å²) in [5, 5.41) is 16.6. The summed E-state index contributed by atoms with van der Waals surface area (Å²) in [6, 6.07) is 4.16. The Labute approximate surface area is 138 Å². The zero-order chi connectivity index (χ0) is 18.1. The van der Waals surface area contributed by atoms with E-state index in [1.165, 1.54) is 13.0 Å². The summed E-state index contributed by atoms with van der Waals surface area (Å²) in [6.45, 7) is 0.642. The molecule has 0 spiro atoms. The fourth-order valence-corrected chi connectivity index (χ4v) is 2.11. The molecule has 1 N–H and O–H groups in total. The number of benzene rings is 1. The summed E-state index contributed by atoms with van der Waals surface area (Å²) in [5.41, 5.74) is -1.36. The van der Waals surface area contributed by atoms with Crippen molar-refractivity contribution in [3.63, 3.8) is 0 Å². The van der Waals surface area contributed by atoms with Gasteiger partial charge in [0.25, 0.3) is 5.69 Å². The van der Waals surface area contributed by atoms with Crippen molar-refractivity contribution < 1.29 is 22.9 Å². The number of anilines is 1. The van der Waals surface area contributed by atoms with Crippen LogP contribution in [-0.2, 0) is 17.5 Å². The highest BCUT2D eigenvalue weighted by Gasteiger charge is 2.35. The van der Waals surface area contributed by atoms with Crippen molar-refractivity contribution in [1.82, 2.24) is 9.78 Å². The smallest absolute Gasteiger partial charge is 0.323 e. The van der Waals surface area contributed by atoms with E-state index >= 15 is 0 Å². The second kappa shape index (κ2) is 6.48. The zero-order valence-electron chi connectivity index (χ0n) is 12.1. The van der Waals surface area contributed by atoms with Crippen LogP contribution < -0.4 is 5.32 Å². The van der Waals surface area contributed by atoms with Gasteiger partial charge in [0, 0.05) is 12.1 Å². The minimum atomic E-state index is -4.66. The third kappa shape index (κ3) is 4.02. The third-order valence-electron chi connectivity index (χ3n) is 2.92. The van der Waals surface area contributed by atoms with Gasteiger partial charge in [-0.05, 0) is 19.1 Å². The Morgan fingerprint density at radius 3 is 2.67 bits per heavy atom. The van der Waals surface area contributed by atoms with Crippen molar-refractivity contribution >= 4 is 28.9 Å². The summed E-state index contributed by atoms with van der Waals surface area (Å²) in [4.78, 5) is 22.0. The Balaban J connectivity index is 2.21. The first kappa shape index (κ1) is 17.7. The summed E-state index contributed by atoms with van der Waals surface area (Å²) in [6.07, 6.45) is -4.66. The number of amides is 1. The van der Waals surface area contributed by atoms with E-state index in [0.717, 1.165) is 18.2 Å². The van der Waals surface area contributed by atoms with Crippen LogP contribution in [0.15, 0.2) is 24.3 Å². The quantitative estimate of drug-likeness (QED) is 0.666. The van der Waals surface area contributed by atoms with Gasteiger partial charge in [-0.15, -0.1) is 0 Å². The predicted molar refractivity (Wildman–Crippen MR) is 78.7 cm³/mol. The van der Waals surface area contributed by atoms with Crippen LogP contribution >= 0.6 is 11.6 Å². The molecule has 1 amide bonds. The third-order valence-corrected chi connectivity index (χ3v) is 3.25. The zero-order valence-corrected chi connectivity index (χ0v) is 12.9. The number of non-ortho nitro benzene ring substituents is 1. The van der Waals surface area contributed by atoms with Gasteiger partial charge in [-0.1, -0.05) is 11.6 Å². The molecule has 0 saturated carbocycles. The lowest BCUT2D eigenvalue weighted by atomic mass is 10.2. The lowest BCUT2D eigenvalue weighted by Crippen LogP contribution is -2.23. The molecule has 0 bridgehead atoms. The fraction of sp³-hybridized carbons (Fsp3) is 0.231. The van der Waals surface area contributed by atoms with Crippen molar-refractivity contribution in [2.75, 3.05) is 5.32 Å². The Kier molecular flexibility index (Phi) is 4.78. The Morgan fingerprint density at radius 2 is 2.08 bits per heavy atom. The molecule has 0 unspecified atom stereocenters. The van der Waals surface area contributed by atoms with Crippen LogP contribution in [0, 0.1) is 17.0 Å². The highest BCUT2D eigenvalue weighted by atomic mass is 35.5. The monoisotopic (exact) mass is 362 g/mol. The van der Waals surface area contributed by atoms with E-state index in [0.29, 0.717) is 4.68 Å². The number of carbonyl (C=O) groups excluding carboxylic acids is 1. The van der Waals surface area contributed by atoms with Crippen LogP contribution in [0.25, 0.3) is 0 Å². The highest BCUT2D eigenvalue weighted by molar-refractivity contribution is 6.33. The van der Waals surface area contributed by atoms with E-state index in [2.05, 4.69) is 10.4 Å². The highest BCUT2D eigenvalue weighted by Crippen LogP contribution is 2.30. The van der Waals surface area contributed by atoms with Crippen LogP contribution in [0.3, 0.4) is 0 Å². The molecule has 0 atom stereocenters. The van der Waals surface area contributed by atoms with Gasteiger partial charge in [-0.25, -0.2) is 0 Å². The number of hydrogen-bond donors (Lipinski definition) is 1. The first-order valence-electron chi connectivity index (χ1n) is 6.43. The van der Waals surface area contributed by atoms with Crippen molar-refractivity contribution in [2.24, 2.45) is 0 Å². The van der Waals surface area contributed by atoms with E-state index in [1.807, 2.05) is 0 Å². The van der Waals surface area contributed by atoms with Crippen molar-refractivity contribution in [1.29, 1.82) is 0 Å². The molecule has 24 heavy (non-hydrogen) atoms. The van der Waals surface area contributed by atoms with Gasteiger partial charge < -0.3 is 5.32 Å². The first-order valence-corrected chi connectivity index (χ1v) is 6.81. The molecular formula is C13H10ClF3N4O3. The largest absolute Gasteiger partial charge is 0.433 e. The number of nitro groups is 1.